The van der Waals surface area contributed by atoms with Crippen LogP contribution in [0.4, 0.5) is 5.82 Å². The lowest BCUT2D eigenvalue weighted by molar-refractivity contribution is 0.0691. The molecule has 0 aliphatic rings. The van der Waals surface area contributed by atoms with Gasteiger partial charge < -0.3 is 14.9 Å². The molecule has 8 nitrogen and oxygen atoms in total. The number of amides is 1. The standard InChI is InChI=1S/C11H10N4O4/c1-5-7(6(2)19-15-5)10(16)14-9-8(11(17)18)12-3-4-13-9/h3-4H,1-2H3,(H,17,18)(H,13,14,16). The van der Waals surface area contributed by atoms with E-state index >= 15 is 0 Å². The van der Waals surface area contributed by atoms with E-state index in [2.05, 4.69) is 20.4 Å². The van der Waals surface area contributed by atoms with Gasteiger partial charge in [0.2, 0.25) is 0 Å². The molecular formula is C11H10N4O4. The summed E-state index contributed by atoms with van der Waals surface area (Å²) in [5.41, 5.74) is 0.334. The first-order valence-electron chi connectivity index (χ1n) is 5.29. The Balaban J connectivity index is 2.32. The number of aryl methyl sites for hydroxylation is 2. The molecule has 0 spiro atoms. The monoisotopic (exact) mass is 262 g/mol. The lowest BCUT2D eigenvalue weighted by Crippen LogP contribution is -2.18. The Labute approximate surface area is 107 Å². The lowest BCUT2D eigenvalue weighted by Gasteiger charge is -2.05. The number of nitrogens with one attached hydrogen (secondary N) is 1. The van der Waals surface area contributed by atoms with Gasteiger partial charge in [0, 0.05) is 12.4 Å². The number of carboxylic acids is 1. The average Bonchev–Trinajstić information content (AvgIpc) is 2.69. The van der Waals surface area contributed by atoms with Crippen LogP contribution in [0.5, 0.6) is 0 Å². The molecule has 0 radical (unpaired) electrons. The van der Waals surface area contributed by atoms with Crippen molar-refractivity contribution in [1.82, 2.24) is 15.1 Å². The van der Waals surface area contributed by atoms with Crippen molar-refractivity contribution in [2.24, 2.45) is 0 Å². The maximum atomic E-state index is 12.0. The summed E-state index contributed by atoms with van der Waals surface area (Å²) in [4.78, 5) is 30.4. The minimum atomic E-state index is -1.28. The number of aromatic carboxylic acids is 1. The van der Waals surface area contributed by atoms with Crippen LogP contribution in [0.25, 0.3) is 0 Å². The van der Waals surface area contributed by atoms with Gasteiger partial charge in [-0.3, -0.25) is 4.79 Å². The van der Waals surface area contributed by atoms with Crippen molar-refractivity contribution in [1.29, 1.82) is 0 Å². The largest absolute Gasteiger partial charge is 0.476 e. The fraction of sp³-hybridized carbons (Fsp3) is 0.182. The van der Waals surface area contributed by atoms with E-state index in [1.54, 1.807) is 13.8 Å². The highest BCUT2D eigenvalue weighted by atomic mass is 16.5. The molecule has 98 valence electrons. The Bertz CT molecular complexity index is 630. The Morgan fingerprint density at radius 1 is 1.26 bits per heavy atom. The second-order valence-electron chi connectivity index (χ2n) is 3.71. The van der Waals surface area contributed by atoms with Crippen LogP contribution in [0.3, 0.4) is 0 Å². The van der Waals surface area contributed by atoms with Crippen molar-refractivity contribution in [3.8, 4) is 0 Å². The fourth-order valence-corrected chi connectivity index (χ4v) is 1.56. The van der Waals surface area contributed by atoms with Crippen LogP contribution >= 0.6 is 0 Å². The molecule has 1 amide bonds. The van der Waals surface area contributed by atoms with Crippen molar-refractivity contribution in [2.75, 3.05) is 5.32 Å². The van der Waals surface area contributed by atoms with E-state index in [0.717, 1.165) is 0 Å². The van der Waals surface area contributed by atoms with Crippen LogP contribution in [0.15, 0.2) is 16.9 Å². The third-order valence-corrected chi connectivity index (χ3v) is 2.39. The number of carbonyl (C=O) groups excluding carboxylic acids is 1. The van der Waals surface area contributed by atoms with Crippen LogP contribution in [0, 0.1) is 13.8 Å². The highest BCUT2D eigenvalue weighted by molar-refractivity contribution is 6.07. The number of nitrogens with zero attached hydrogens (tertiary/aromatic N) is 3. The SMILES string of the molecule is Cc1noc(C)c1C(=O)Nc1nccnc1C(=O)O. The van der Waals surface area contributed by atoms with E-state index < -0.39 is 11.9 Å². The van der Waals surface area contributed by atoms with E-state index in [9.17, 15) is 9.59 Å². The predicted molar refractivity (Wildman–Crippen MR) is 62.9 cm³/mol. The maximum Gasteiger partial charge on any atom is 0.358 e. The second kappa shape index (κ2) is 4.84. The molecule has 0 fully saturated rings. The maximum absolute atomic E-state index is 12.0. The summed E-state index contributed by atoms with van der Waals surface area (Å²) >= 11 is 0. The van der Waals surface area contributed by atoms with Crippen molar-refractivity contribution in [3.05, 3.63) is 35.1 Å². The highest BCUT2D eigenvalue weighted by Gasteiger charge is 2.21. The average molecular weight is 262 g/mol. The minimum Gasteiger partial charge on any atom is -0.476 e. The molecule has 0 aromatic carbocycles. The molecular weight excluding hydrogens is 252 g/mol. The van der Waals surface area contributed by atoms with Crippen molar-refractivity contribution >= 4 is 17.7 Å². The Morgan fingerprint density at radius 2 is 1.95 bits per heavy atom. The number of hydrogen-bond acceptors (Lipinski definition) is 6. The number of anilines is 1. The van der Waals surface area contributed by atoms with Crippen molar-refractivity contribution in [3.63, 3.8) is 0 Å². The Morgan fingerprint density at radius 3 is 2.53 bits per heavy atom. The molecule has 2 N–H and O–H groups in total. The molecule has 2 rings (SSSR count). The van der Waals surface area contributed by atoms with E-state index in [1.807, 2.05) is 0 Å². The van der Waals surface area contributed by atoms with Crippen LogP contribution < -0.4 is 5.32 Å². The molecule has 19 heavy (non-hydrogen) atoms. The molecule has 0 saturated carbocycles. The fourth-order valence-electron chi connectivity index (χ4n) is 1.56. The Kier molecular flexibility index (Phi) is 3.23. The zero-order valence-electron chi connectivity index (χ0n) is 10.2. The molecule has 0 saturated heterocycles. The van der Waals surface area contributed by atoms with E-state index in [0.29, 0.717) is 11.5 Å². The predicted octanol–water partition coefficient (Wildman–Crippen LogP) is 1.03. The van der Waals surface area contributed by atoms with Gasteiger partial charge in [0.25, 0.3) is 5.91 Å². The van der Waals surface area contributed by atoms with Crippen molar-refractivity contribution in [2.45, 2.75) is 13.8 Å². The van der Waals surface area contributed by atoms with E-state index in [-0.39, 0.29) is 17.1 Å². The summed E-state index contributed by atoms with van der Waals surface area (Å²) in [7, 11) is 0. The zero-order valence-corrected chi connectivity index (χ0v) is 10.2. The minimum absolute atomic E-state index is 0.125. The first-order valence-corrected chi connectivity index (χ1v) is 5.29. The highest BCUT2D eigenvalue weighted by Crippen LogP contribution is 2.15. The molecule has 0 unspecified atom stereocenters. The normalized spacial score (nSPS) is 10.2. The number of hydrogen-bond donors (Lipinski definition) is 2. The smallest absolute Gasteiger partial charge is 0.358 e. The van der Waals surface area contributed by atoms with Crippen LogP contribution in [0.1, 0.15) is 32.3 Å². The van der Waals surface area contributed by atoms with Gasteiger partial charge >= 0.3 is 5.97 Å². The molecule has 2 aromatic rings. The van der Waals surface area contributed by atoms with Gasteiger partial charge in [0.05, 0.1) is 5.69 Å². The second-order valence-corrected chi connectivity index (χ2v) is 3.71. The lowest BCUT2D eigenvalue weighted by atomic mass is 10.2. The van der Waals surface area contributed by atoms with Gasteiger partial charge in [-0.25, -0.2) is 14.8 Å². The van der Waals surface area contributed by atoms with Gasteiger partial charge in [-0.15, -0.1) is 0 Å². The molecule has 2 aromatic heterocycles. The van der Waals surface area contributed by atoms with Crippen LogP contribution in [-0.2, 0) is 0 Å². The third-order valence-electron chi connectivity index (χ3n) is 2.39. The van der Waals surface area contributed by atoms with Gasteiger partial charge in [0.15, 0.2) is 11.5 Å². The quantitative estimate of drug-likeness (QED) is 0.847. The summed E-state index contributed by atoms with van der Waals surface area (Å²) in [6.07, 6.45) is 2.52. The molecule has 0 aliphatic carbocycles. The first kappa shape index (κ1) is 12.7. The molecule has 0 aliphatic heterocycles. The number of carbonyl (C=O) groups is 2. The van der Waals surface area contributed by atoms with Crippen LogP contribution in [0.2, 0.25) is 0 Å². The van der Waals surface area contributed by atoms with Gasteiger partial charge in [-0.05, 0) is 13.8 Å². The van der Waals surface area contributed by atoms with Crippen molar-refractivity contribution < 1.29 is 19.2 Å². The zero-order chi connectivity index (χ0) is 14.0. The van der Waals surface area contributed by atoms with Gasteiger partial charge in [-0.2, -0.15) is 0 Å². The molecule has 8 heteroatoms. The summed E-state index contributed by atoms with van der Waals surface area (Å²) in [5.74, 6) is -1.60. The summed E-state index contributed by atoms with van der Waals surface area (Å²) in [5, 5.41) is 15.0. The molecule has 0 bridgehead atoms. The summed E-state index contributed by atoms with van der Waals surface area (Å²) in [6, 6.07) is 0. The Hall–Kier alpha value is -2.77. The summed E-state index contributed by atoms with van der Waals surface area (Å²) in [6.45, 7) is 3.20. The van der Waals surface area contributed by atoms with Gasteiger partial charge in [0.1, 0.15) is 11.3 Å². The van der Waals surface area contributed by atoms with E-state index in [4.69, 9.17) is 9.63 Å². The molecule has 2 heterocycles. The number of aromatic nitrogens is 3. The summed E-state index contributed by atoms with van der Waals surface area (Å²) < 4.78 is 4.87. The van der Waals surface area contributed by atoms with Crippen LogP contribution in [-0.4, -0.2) is 32.1 Å². The topological polar surface area (TPSA) is 118 Å². The first-order chi connectivity index (χ1) is 9.00. The number of rotatable bonds is 3. The third kappa shape index (κ3) is 2.41. The van der Waals surface area contributed by atoms with E-state index in [1.165, 1.54) is 12.4 Å². The molecule has 0 atom stereocenters. The van der Waals surface area contributed by atoms with Gasteiger partial charge in [-0.1, -0.05) is 5.16 Å². The number of carboxylic acid groups (broad SMARTS) is 1.